The van der Waals surface area contributed by atoms with Crippen LogP contribution >= 0.6 is 11.6 Å². The van der Waals surface area contributed by atoms with Gasteiger partial charge < -0.3 is 5.32 Å². The molecule has 74 valence electrons. The normalized spacial score (nSPS) is 8.77. The maximum Gasteiger partial charge on any atom is 0.348 e. The number of hydrogen-bond donors (Lipinski definition) is 2. The molecule has 0 fully saturated rings. The summed E-state index contributed by atoms with van der Waals surface area (Å²) in [6.07, 6.45) is 0. The number of imide groups is 1. The van der Waals surface area contributed by atoms with Crippen LogP contribution in [0.2, 0.25) is 0 Å². The summed E-state index contributed by atoms with van der Waals surface area (Å²) in [6, 6.07) is -1.62. The first-order valence-electron chi connectivity index (χ1n) is 3.33. The number of carbonyl (C=O) groups excluding carboxylic acids is 2. The van der Waals surface area contributed by atoms with Gasteiger partial charge in [-0.15, -0.1) is 16.5 Å². The molecular formula is C5H9ClN4O3. The van der Waals surface area contributed by atoms with Crippen LogP contribution in [0.3, 0.4) is 0 Å². The lowest BCUT2D eigenvalue weighted by atomic mass is 10.7. The summed E-state index contributed by atoms with van der Waals surface area (Å²) in [5.74, 6) is 0.239. The molecule has 0 saturated carbocycles. The number of nitrogens with one attached hydrogen (secondary N) is 2. The number of nitrogens with zero attached hydrogens (tertiary/aromatic N) is 2. The zero-order valence-corrected chi connectivity index (χ0v) is 7.67. The molecule has 0 saturated heterocycles. The van der Waals surface area contributed by atoms with Crippen molar-refractivity contribution in [1.29, 1.82) is 0 Å². The first-order valence-corrected chi connectivity index (χ1v) is 3.87. The van der Waals surface area contributed by atoms with Crippen molar-refractivity contribution in [2.75, 3.05) is 19.5 Å². The Kier molecular flexibility index (Phi) is 5.53. The molecule has 0 atom stereocenters. The standard InChI is InChI=1S/C5H9ClN4O3/c1-10(9-13)5(12)8-4(11)7-3-2-6/h2-3H2,1H3,(H2,7,8,11,12). The zero-order chi connectivity index (χ0) is 10.3. The predicted octanol–water partition coefficient (Wildman–Crippen LogP) is 0.258. The fourth-order valence-corrected chi connectivity index (χ4v) is 0.515. The molecule has 0 rings (SSSR count). The van der Waals surface area contributed by atoms with E-state index in [0.29, 0.717) is 5.01 Å². The first kappa shape index (κ1) is 11.6. The minimum atomic E-state index is -0.901. The van der Waals surface area contributed by atoms with Gasteiger partial charge in [-0.1, -0.05) is 0 Å². The second-order valence-electron chi connectivity index (χ2n) is 1.98. The molecule has 2 N–H and O–H groups in total. The smallest absolute Gasteiger partial charge is 0.337 e. The van der Waals surface area contributed by atoms with Crippen molar-refractivity contribution in [3.63, 3.8) is 0 Å². The van der Waals surface area contributed by atoms with Crippen LogP contribution in [-0.2, 0) is 0 Å². The van der Waals surface area contributed by atoms with Gasteiger partial charge in [0.1, 0.15) is 0 Å². The second kappa shape index (κ2) is 6.18. The van der Waals surface area contributed by atoms with Crippen LogP contribution in [0.1, 0.15) is 0 Å². The van der Waals surface area contributed by atoms with Gasteiger partial charge in [0.25, 0.3) is 0 Å². The average molecular weight is 209 g/mol. The molecule has 0 unspecified atom stereocenters. The molecule has 0 aromatic heterocycles. The van der Waals surface area contributed by atoms with E-state index in [-0.39, 0.29) is 12.4 Å². The maximum atomic E-state index is 10.8. The Morgan fingerprint density at radius 1 is 1.54 bits per heavy atom. The second-order valence-corrected chi connectivity index (χ2v) is 2.36. The van der Waals surface area contributed by atoms with Crippen molar-refractivity contribution >= 4 is 23.7 Å². The molecule has 8 heteroatoms. The minimum absolute atomic E-state index is 0.235. The number of nitroso groups, excluding NO2 is 1. The van der Waals surface area contributed by atoms with Gasteiger partial charge in [0, 0.05) is 19.5 Å². The first-order chi connectivity index (χ1) is 6.11. The molecule has 0 heterocycles. The van der Waals surface area contributed by atoms with Gasteiger partial charge in [-0.3, -0.25) is 5.32 Å². The van der Waals surface area contributed by atoms with Gasteiger partial charge in [-0.25, -0.2) is 9.59 Å². The Balaban J connectivity index is 3.78. The van der Waals surface area contributed by atoms with E-state index in [1.807, 2.05) is 5.32 Å². The highest BCUT2D eigenvalue weighted by atomic mass is 35.5. The van der Waals surface area contributed by atoms with Crippen LogP contribution in [-0.4, -0.2) is 36.5 Å². The summed E-state index contributed by atoms with van der Waals surface area (Å²) in [7, 11) is 1.12. The van der Waals surface area contributed by atoms with E-state index >= 15 is 0 Å². The van der Waals surface area contributed by atoms with Gasteiger partial charge >= 0.3 is 12.1 Å². The highest BCUT2D eigenvalue weighted by Gasteiger charge is 2.11. The van der Waals surface area contributed by atoms with Gasteiger partial charge in [0.15, 0.2) is 0 Å². The lowest BCUT2D eigenvalue weighted by Crippen LogP contribution is -2.44. The lowest BCUT2D eigenvalue weighted by Gasteiger charge is -2.07. The van der Waals surface area contributed by atoms with Gasteiger partial charge in [0.05, 0.1) is 5.29 Å². The summed E-state index contributed by atoms with van der Waals surface area (Å²) in [4.78, 5) is 31.3. The summed E-state index contributed by atoms with van der Waals surface area (Å²) in [6.45, 7) is 0.235. The molecule has 0 radical (unpaired) electrons. The Morgan fingerprint density at radius 3 is 2.62 bits per heavy atom. The van der Waals surface area contributed by atoms with E-state index in [2.05, 4.69) is 10.6 Å². The van der Waals surface area contributed by atoms with Crippen LogP contribution in [0.5, 0.6) is 0 Å². The van der Waals surface area contributed by atoms with Crippen LogP contribution in [0.15, 0.2) is 5.29 Å². The maximum absolute atomic E-state index is 10.8. The van der Waals surface area contributed by atoms with Gasteiger partial charge in [-0.2, -0.15) is 5.01 Å². The molecule has 0 bridgehead atoms. The number of amides is 4. The van der Waals surface area contributed by atoms with Crippen molar-refractivity contribution in [3.05, 3.63) is 4.91 Å². The van der Waals surface area contributed by atoms with Crippen molar-refractivity contribution in [2.45, 2.75) is 0 Å². The van der Waals surface area contributed by atoms with Crippen molar-refractivity contribution in [1.82, 2.24) is 15.6 Å². The number of urea groups is 2. The van der Waals surface area contributed by atoms with Crippen molar-refractivity contribution < 1.29 is 9.59 Å². The van der Waals surface area contributed by atoms with Crippen LogP contribution in [0.4, 0.5) is 9.59 Å². The van der Waals surface area contributed by atoms with E-state index in [0.717, 1.165) is 7.05 Å². The number of rotatable bonds is 3. The van der Waals surface area contributed by atoms with E-state index in [4.69, 9.17) is 11.6 Å². The molecule has 4 amide bonds. The van der Waals surface area contributed by atoms with Crippen molar-refractivity contribution in [3.8, 4) is 0 Å². The zero-order valence-electron chi connectivity index (χ0n) is 6.91. The van der Waals surface area contributed by atoms with Gasteiger partial charge in [0.2, 0.25) is 0 Å². The van der Waals surface area contributed by atoms with E-state index in [1.165, 1.54) is 0 Å². The summed E-state index contributed by atoms with van der Waals surface area (Å²) in [5.41, 5.74) is 0. The summed E-state index contributed by atoms with van der Waals surface area (Å²) >= 11 is 5.27. The number of hydrogen-bond acceptors (Lipinski definition) is 4. The molecule has 0 aliphatic rings. The fourth-order valence-electron chi connectivity index (χ4n) is 0.420. The molecule has 0 aromatic carbocycles. The topological polar surface area (TPSA) is 90.9 Å². The molecule has 7 nitrogen and oxygen atoms in total. The third-order valence-corrected chi connectivity index (χ3v) is 1.21. The Hall–Kier alpha value is -1.37. The lowest BCUT2D eigenvalue weighted by molar-refractivity contribution is 0.205. The SMILES string of the molecule is CN(N=O)C(=O)NC(=O)NCCCl. The molecular weight excluding hydrogens is 200 g/mol. The average Bonchev–Trinajstić information content (AvgIpc) is 2.13. The summed E-state index contributed by atoms with van der Waals surface area (Å²) in [5, 5.41) is 6.86. The Bertz CT molecular complexity index is 210. The third kappa shape index (κ3) is 4.96. The van der Waals surface area contributed by atoms with Crippen LogP contribution in [0.25, 0.3) is 0 Å². The molecule has 0 aliphatic heterocycles. The van der Waals surface area contributed by atoms with Crippen molar-refractivity contribution in [2.24, 2.45) is 5.29 Å². The quantitative estimate of drug-likeness (QED) is 0.396. The van der Waals surface area contributed by atoms with Crippen LogP contribution in [0, 0.1) is 4.91 Å². The van der Waals surface area contributed by atoms with Crippen LogP contribution < -0.4 is 10.6 Å². The van der Waals surface area contributed by atoms with E-state index in [9.17, 15) is 14.5 Å². The fraction of sp³-hybridized carbons (Fsp3) is 0.600. The largest absolute Gasteiger partial charge is 0.348 e. The molecule has 0 aliphatic carbocycles. The molecule has 0 aromatic rings. The monoisotopic (exact) mass is 208 g/mol. The third-order valence-electron chi connectivity index (χ3n) is 1.02. The Morgan fingerprint density at radius 2 is 2.15 bits per heavy atom. The highest BCUT2D eigenvalue weighted by molar-refractivity contribution is 6.18. The number of carbonyl (C=O) groups is 2. The number of alkyl halides is 1. The summed E-state index contributed by atoms with van der Waals surface area (Å²) < 4.78 is 0. The van der Waals surface area contributed by atoms with Gasteiger partial charge in [-0.05, 0) is 0 Å². The number of halogens is 1. The van der Waals surface area contributed by atoms with E-state index in [1.54, 1.807) is 0 Å². The highest BCUT2D eigenvalue weighted by Crippen LogP contribution is 1.82. The minimum Gasteiger partial charge on any atom is -0.337 e. The molecule has 0 spiro atoms. The molecule has 13 heavy (non-hydrogen) atoms. The predicted molar refractivity (Wildman–Crippen MR) is 46.2 cm³/mol. The Labute approximate surface area is 79.3 Å². The van der Waals surface area contributed by atoms with E-state index < -0.39 is 12.1 Å².